The van der Waals surface area contributed by atoms with Gasteiger partial charge < -0.3 is 5.73 Å². The fourth-order valence-corrected chi connectivity index (χ4v) is 2.08. The molecule has 20 heavy (non-hydrogen) atoms. The normalized spacial score (nSPS) is 12.5. The predicted molar refractivity (Wildman–Crippen MR) is 72.5 cm³/mol. The Kier molecular flexibility index (Phi) is 5.34. The van der Waals surface area contributed by atoms with Gasteiger partial charge in [-0.25, -0.2) is 0 Å². The van der Waals surface area contributed by atoms with Crippen LogP contribution in [0.1, 0.15) is 49.0 Å². The second kappa shape index (κ2) is 6.39. The highest BCUT2D eigenvalue weighted by Crippen LogP contribution is 2.33. The highest BCUT2D eigenvalue weighted by Gasteiger charge is 2.34. The zero-order valence-corrected chi connectivity index (χ0v) is 11.8. The molecule has 0 unspecified atom stereocenters. The molecule has 0 spiro atoms. The summed E-state index contributed by atoms with van der Waals surface area (Å²) in [5.74, 6) is -0.469. The van der Waals surface area contributed by atoms with Crippen LogP contribution >= 0.6 is 0 Å². The molecule has 0 heterocycles. The highest BCUT2D eigenvalue weighted by atomic mass is 19.4. The van der Waals surface area contributed by atoms with Crippen molar-refractivity contribution in [2.75, 3.05) is 6.54 Å². The van der Waals surface area contributed by atoms with Crippen molar-refractivity contribution in [3.63, 3.8) is 0 Å². The van der Waals surface area contributed by atoms with Crippen molar-refractivity contribution < 1.29 is 18.0 Å². The number of hydrogen-bond donors (Lipinski definition) is 1. The van der Waals surface area contributed by atoms with Crippen LogP contribution in [0.25, 0.3) is 0 Å². The molecule has 0 bridgehead atoms. The van der Waals surface area contributed by atoms with E-state index in [9.17, 15) is 18.0 Å². The third kappa shape index (κ3) is 4.63. The second-order valence-electron chi connectivity index (χ2n) is 5.67. The summed E-state index contributed by atoms with van der Waals surface area (Å²) in [6.45, 7) is 4.42. The maximum Gasteiger partial charge on any atom is 0.417 e. The van der Waals surface area contributed by atoms with Gasteiger partial charge in [-0.05, 0) is 30.9 Å². The van der Waals surface area contributed by atoms with Gasteiger partial charge in [-0.3, -0.25) is 4.79 Å². The van der Waals surface area contributed by atoms with Crippen LogP contribution in [0, 0.1) is 5.41 Å². The summed E-state index contributed by atoms with van der Waals surface area (Å²) < 4.78 is 38.5. The van der Waals surface area contributed by atoms with E-state index < -0.39 is 17.5 Å². The van der Waals surface area contributed by atoms with Gasteiger partial charge in [-0.15, -0.1) is 0 Å². The highest BCUT2D eigenvalue weighted by molar-refractivity contribution is 5.97. The van der Waals surface area contributed by atoms with Crippen LogP contribution in [0.15, 0.2) is 24.3 Å². The van der Waals surface area contributed by atoms with Gasteiger partial charge in [0.05, 0.1) is 5.56 Å². The zero-order chi connectivity index (χ0) is 15.4. The quantitative estimate of drug-likeness (QED) is 0.802. The summed E-state index contributed by atoms with van der Waals surface area (Å²) in [5, 5.41) is 0. The van der Waals surface area contributed by atoms with Gasteiger partial charge >= 0.3 is 6.18 Å². The summed E-state index contributed by atoms with van der Waals surface area (Å²) in [4.78, 5) is 12.0. The van der Waals surface area contributed by atoms with Crippen molar-refractivity contribution in [2.45, 2.75) is 39.3 Å². The number of rotatable bonds is 6. The molecule has 0 fully saturated rings. The minimum absolute atomic E-state index is 0.0973. The average Bonchev–Trinajstić information content (AvgIpc) is 2.35. The lowest BCUT2D eigenvalue weighted by molar-refractivity contribution is -0.137. The number of hydrogen-bond acceptors (Lipinski definition) is 2. The molecule has 1 rings (SSSR count). The van der Waals surface area contributed by atoms with Crippen molar-refractivity contribution in [3.05, 3.63) is 35.4 Å². The Morgan fingerprint density at radius 1 is 1.15 bits per heavy atom. The van der Waals surface area contributed by atoms with Gasteiger partial charge in [0, 0.05) is 12.0 Å². The molecule has 0 aliphatic heterocycles. The summed E-state index contributed by atoms with van der Waals surface area (Å²) >= 11 is 0. The minimum Gasteiger partial charge on any atom is -0.330 e. The number of carbonyl (C=O) groups is 1. The molecular formula is C15H20F3NO. The number of carbonyl (C=O) groups excluding carboxylic acids is 1. The molecular weight excluding hydrogens is 267 g/mol. The molecule has 0 radical (unpaired) electrons. The average molecular weight is 287 g/mol. The molecule has 0 amide bonds. The van der Waals surface area contributed by atoms with Crippen molar-refractivity contribution in [1.29, 1.82) is 0 Å². The number of nitrogens with two attached hydrogens (primary N) is 1. The molecule has 0 saturated carbocycles. The van der Waals surface area contributed by atoms with Gasteiger partial charge in [-0.2, -0.15) is 13.2 Å². The molecule has 2 nitrogen and oxygen atoms in total. The van der Waals surface area contributed by atoms with Gasteiger partial charge in [0.15, 0.2) is 5.78 Å². The first-order valence-electron chi connectivity index (χ1n) is 6.57. The Hall–Kier alpha value is -1.36. The lowest BCUT2D eigenvalue weighted by Gasteiger charge is -2.23. The fourth-order valence-electron chi connectivity index (χ4n) is 2.08. The maximum atomic E-state index is 12.8. The lowest BCUT2D eigenvalue weighted by atomic mass is 9.83. The van der Waals surface area contributed by atoms with Gasteiger partial charge in [-0.1, -0.05) is 32.0 Å². The third-order valence-corrected chi connectivity index (χ3v) is 3.38. The van der Waals surface area contributed by atoms with Crippen molar-refractivity contribution in [3.8, 4) is 0 Å². The Bertz CT molecular complexity index is 466. The van der Waals surface area contributed by atoms with Gasteiger partial charge in [0.2, 0.25) is 0 Å². The molecule has 0 aromatic heterocycles. The standard InChI is InChI=1S/C15H20F3NO/c1-14(2,9-10-19)8-7-13(20)11-5-3-4-6-12(11)15(16,17)18/h3-6H,7-10,19H2,1-2H3. The predicted octanol–water partition coefficient (Wildman–Crippen LogP) is 4.04. The molecule has 112 valence electrons. The van der Waals surface area contributed by atoms with E-state index in [1.165, 1.54) is 18.2 Å². The zero-order valence-electron chi connectivity index (χ0n) is 11.8. The van der Waals surface area contributed by atoms with E-state index in [2.05, 4.69) is 0 Å². The molecule has 0 aliphatic carbocycles. The summed E-state index contributed by atoms with van der Waals surface area (Å²) in [6, 6.07) is 4.92. The van der Waals surface area contributed by atoms with E-state index in [0.29, 0.717) is 13.0 Å². The van der Waals surface area contributed by atoms with E-state index >= 15 is 0 Å². The van der Waals surface area contributed by atoms with Gasteiger partial charge in [0.25, 0.3) is 0 Å². The molecule has 1 aromatic rings. The second-order valence-corrected chi connectivity index (χ2v) is 5.67. The van der Waals surface area contributed by atoms with E-state index in [1.807, 2.05) is 13.8 Å². The summed E-state index contributed by atoms with van der Waals surface area (Å²) in [6.07, 6.45) is -3.14. The van der Waals surface area contributed by atoms with Crippen LogP contribution < -0.4 is 5.73 Å². The fraction of sp³-hybridized carbons (Fsp3) is 0.533. The van der Waals surface area contributed by atoms with E-state index in [0.717, 1.165) is 12.5 Å². The monoisotopic (exact) mass is 287 g/mol. The van der Waals surface area contributed by atoms with Crippen LogP contribution in [-0.2, 0) is 6.18 Å². The minimum atomic E-state index is -4.50. The van der Waals surface area contributed by atoms with Gasteiger partial charge in [0.1, 0.15) is 0 Å². The lowest BCUT2D eigenvalue weighted by Crippen LogP contribution is -2.19. The summed E-state index contributed by atoms with van der Waals surface area (Å²) in [7, 11) is 0. The van der Waals surface area contributed by atoms with E-state index in [-0.39, 0.29) is 17.4 Å². The van der Waals surface area contributed by atoms with Crippen LogP contribution in [0.2, 0.25) is 0 Å². The number of benzene rings is 1. The van der Waals surface area contributed by atoms with Crippen LogP contribution in [-0.4, -0.2) is 12.3 Å². The van der Waals surface area contributed by atoms with E-state index in [1.54, 1.807) is 0 Å². The Balaban J connectivity index is 2.84. The maximum absolute atomic E-state index is 12.8. The number of ketones is 1. The van der Waals surface area contributed by atoms with Crippen molar-refractivity contribution in [2.24, 2.45) is 11.1 Å². The SMILES string of the molecule is CC(C)(CCN)CCC(=O)c1ccccc1C(F)(F)F. The topological polar surface area (TPSA) is 43.1 Å². The molecule has 0 saturated heterocycles. The van der Waals surface area contributed by atoms with Crippen molar-refractivity contribution in [1.82, 2.24) is 0 Å². The number of halogens is 3. The Morgan fingerprint density at radius 3 is 2.30 bits per heavy atom. The summed E-state index contributed by atoms with van der Waals surface area (Å²) in [5.41, 5.74) is 4.23. The van der Waals surface area contributed by atoms with Crippen molar-refractivity contribution >= 4 is 5.78 Å². The Labute approximate surface area is 117 Å². The van der Waals surface area contributed by atoms with E-state index in [4.69, 9.17) is 5.73 Å². The first kappa shape index (κ1) is 16.7. The third-order valence-electron chi connectivity index (χ3n) is 3.38. The molecule has 2 N–H and O–H groups in total. The molecule has 5 heteroatoms. The Morgan fingerprint density at radius 2 is 1.75 bits per heavy atom. The number of Topliss-reactive ketones (excluding diaryl/α,β-unsaturated/α-hetero) is 1. The smallest absolute Gasteiger partial charge is 0.330 e. The molecule has 0 atom stereocenters. The van der Waals surface area contributed by atoms with Crippen LogP contribution in [0.3, 0.4) is 0 Å². The first-order valence-corrected chi connectivity index (χ1v) is 6.57. The number of alkyl halides is 3. The largest absolute Gasteiger partial charge is 0.417 e. The first-order chi connectivity index (χ1) is 9.17. The molecule has 1 aromatic carbocycles. The van der Waals surface area contributed by atoms with Crippen LogP contribution in [0.5, 0.6) is 0 Å². The van der Waals surface area contributed by atoms with Crippen LogP contribution in [0.4, 0.5) is 13.2 Å². The molecule has 0 aliphatic rings.